The average molecular weight is 268 g/mol. The molecule has 0 aromatic carbocycles. The molecule has 1 aromatic rings. The van der Waals surface area contributed by atoms with E-state index in [9.17, 15) is 0 Å². The van der Waals surface area contributed by atoms with Crippen molar-refractivity contribution in [3.63, 3.8) is 0 Å². The predicted molar refractivity (Wildman–Crippen MR) is 76.9 cm³/mol. The maximum Gasteiger partial charge on any atom is 0.228 e. The summed E-state index contributed by atoms with van der Waals surface area (Å²) in [5.74, 6) is 2.06. The molecule has 0 bridgehead atoms. The van der Waals surface area contributed by atoms with Crippen molar-refractivity contribution in [2.24, 2.45) is 11.7 Å². The van der Waals surface area contributed by atoms with Crippen LogP contribution in [0.1, 0.15) is 45.8 Å². The van der Waals surface area contributed by atoms with Crippen molar-refractivity contribution in [3.8, 4) is 0 Å². The maximum atomic E-state index is 6.05. The van der Waals surface area contributed by atoms with Crippen LogP contribution in [0.3, 0.4) is 0 Å². The Morgan fingerprint density at radius 3 is 2.53 bits per heavy atom. The van der Waals surface area contributed by atoms with Gasteiger partial charge in [0.15, 0.2) is 5.82 Å². The lowest BCUT2D eigenvalue weighted by Crippen LogP contribution is -2.26. The zero-order valence-electron chi connectivity index (χ0n) is 12.7. The Hall–Kier alpha value is -0.940. The van der Waals surface area contributed by atoms with Crippen LogP contribution >= 0.6 is 0 Å². The van der Waals surface area contributed by atoms with Gasteiger partial charge in [-0.3, -0.25) is 0 Å². The van der Waals surface area contributed by atoms with Gasteiger partial charge in [-0.25, -0.2) is 0 Å². The fourth-order valence-electron chi connectivity index (χ4n) is 2.19. The summed E-state index contributed by atoms with van der Waals surface area (Å²) in [5.41, 5.74) is 6.05. The number of hydrogen-bond donors (Lipinski definition) is 1. The molecule has 110 valence electrons. The molecule has 1 atom stereocenters. The Morgan fingerprint density at radius 2 is 1.95 bits per heavy atom. The predicted octanol–water partition coefficient (Wildman–Crippen LogP) is 1.87. The molecule has 0 aliphatic rings. The van der Waals surface area contributed by atoms with Gasteiger partial charge in [0, 0.05) is 25.4 Å². The van der Waals surface area contributed by atoms with E-state index >= 15 is 0 Å². The van der Waals surface area contributed by atoms with Crippen LogP contribution < -0.4 is 5.73 Å². The van der Waals surface area contributed by atoms with Crippen molar-refractivity contribution >= 4 is 0 Å². The standard InChI is InChI=1S/C14H28N4O/c1-5-18(6-2)8-7-13-16-14(19-17-13)10-12(15)9-11(3)4/h11-12H,5-10,15H2,1-4H3. The molecule has 1 aromatic heterocycles. The number of hydrogen-bond acceptors (Lipinski definition) is 5. The number of aromatic nitrogens is 2. The van der Waals surface area contributed by atoms with Gasteiger partial charge in [-0.1, -0.05) is 32.9 Å². The van der Waals surface area contributed by atoms with Crippen molar-refractivity contribution in [1.82, 2.24) is 15.0 Å². The molecule has 1 heterocycles. The van der Waals surface area contributed by atoms with E-state index in [1.807, 2.05) is 0 Å². The van der Waals surface area contributed by atoms with E-state index in [1.165, 1.54) is 0 Å². The summed E-state index contributed by atoms with van der Waals surface area (Å²) in [6.45, 7) is 11.8. The first kappa shape index (κ1) is 16.1. The second kappa shape index (κ2) is 8.27. The summed E-state index contributed by atoms with van der Waals surface area (Å²) in [6.07, 6.45) is 2.50. The molecule has 0 radical (unpaired) electrons. The van der Waals surface area contributed by atoms with Crippen molar-refractivity contribution < 1.29 is 4.52 Å². The van der Waals surface area contributed by atoms with E-state index in [2.05, 4.69) is 42.7 Å². The van der Waals surface area contributed by atoms with Crippen LogP contribution in [0.2, 0.25) is 0 Å². The molecule has 1 unspecified atom stereocenters. The second-order valence-corrected chi connectivity index (χ2v) is 5.47. The molecule has 0 fully saturated rings. The molecular formula is C14H28N4O. The van der Waals surface area contributed by atoms with Crippen molar-refractivity contribution in [2.75, 3.05) is 19.6 Å². The van der Waals surface area contributed by atoms with Crippen LogP contribution in [-0.2, 0) is 12.8 Å². The second-order valence-electron chi connectivity index (χ2n) is 5.47. The SMILES string of the molecule is CCN(CC)CCc1noc(CC(N)CC(C)C)n1. The lowest BCUT2D eigenvalue weighted by atomic mass is 10.0. The number of nitrogens with two attached hydrogens (primary N) is 1. The molecule has 0 saturated heterocycles. The van der Waals surface area contributed by atoms with E-state index in [0.717, 1.165) is 38.3 Å². The first-order valence-electron chi connectivity index (χ1n) is 7.34. The van der Waals surface area contributed by atoms with Crippen LogP contribution in [0.4, 0.5) is 0 Å². The smallest absolute Gasteiger partial charge is 0.228 e. The van der Waals surface area contributed by atoms with Gasteiger partial charge < -0.3 is 15.2 Å². The molecule has 2 N–H and O–H groups in total. The molecule has 5 nitrogen and oxygen atoms in total. The highest BCUT2D eigenvalue weighted by Gasteiger charge is 2.13. The summed E-state index contributed by atoms with van der Waals surface area (Å²) in [6, 6.07) is 0.107. The first-order chi connectivity index (χ1) is 9.05. The highest BCUT2D eigenvalue weighted by Crippen LogP contribution is 2.08. The third kappa shape index (κ3) is 6.16. The Morgan fingerprint density at radius 1 is 1.26 bits per heavy atom. The lowest BCUT2D eigenvalue weighted by Gasteiger charge is -2.16. The van der Waals surface area contributed by atoms with Gasteiger partial charge >= 0.3 is 0 Å². The van der Waals surface area contributed by atoms with Gasteiger partial charge in [0.25, 0.3) is 0 Å². The van der Waals surface area contributed by atoms with E-state index in [-0.39, 0.29) is 6.04 Å². The molecule has 0 saturated carbocycles. The van der Waals surface area contributed by atoms with Crippen LogP contribution in [0.25, 0.3) is 0 Å². The van der Waals surface area contributed by atoms with Crippen molar-refractivity contribution in [3.05, 3.63) is 11.7 Å². The van der Waals surface area contributed by atoms with Crippen molar-refractivity contribution in [1.29, 1.82) is 0 Å². The van der Waals surface area contributed by atoms with Crippen molar-refractivity contribution in [2.45, 2.75) is 53.0 Å². The fraction of sp³-hybridized carbons (Fsp3) is 0.857. The molecular weight excluding hydrogens is 240 g/mol. The third-order valence-corrected chi connectivity index (χ3v) is 3.27. The fourth-order valence-corrected chi connectivity index (χ4v) is 2.19. The zero-order chi connectivity index (χ0) is 14.3. The van der Waals surface area contributed by atoms with E-state index in [1.54, 1.807) is 0 Å². The molecule has 5 heteroatoms. The third-order valence-electron chi connectivity index (χ3n) is 3.27. The summed E-state index contributed by atoms with van der Waals surface area (Å²) in [7, 11) is 0. The number of rotatable bonds is 9. The topological polar surface area (TPSA) is 68.2 Å². The van der Waals surface area contributed by atoms with Gasteiger partial charge in [-0.2, -0.15) is 4.98 Å². The molecule has 19 heavy (non-hydrogen) atoms. The monoisotopic (exact) mass is 268 g/mol. The van der Waals surface area contributed by atoms with Gasteiger partial charge in [0.05, 0.1) is 0 Å². The number of likely N-dealkylation sites (N-methyl/N-ethyl adjacent to an activating group) is 1. The van der Waals surface area contributed by atoms with Gasteiger partial charge in [0.2, 0.25) is 5.89 Å². The Labute approximate surface area is 116 Å². The minimum atomic E-state index is 0.107. The van der Waals surface area contributed by atoms with E-state index < -0.39 is 0 Å². The zero-order valence-corrected chi connectivity index (χ0v) is 12.7. The summed E-state index contributed by atoms with van der Waals surface area (Å²) in [5, 5.41) is 4.02. The van der Waals surface area contributed by atoms with E-state index in [0.29, 0.717) is 18.2 Å². The normalized spacial score (nSPS) is 13.4. The van der Waals surface area contributed by atoms with Crippen LogP contribution in [-0.4, -0.2) is 40.7 Å². The molecule has 0 aliphatic carbocycles. The van der Waals surface area contributed by atoms with Crippen LogP contribution in [0.5, 0.6) is 0 Å². The first-order valence-corrected chi connectivity index (χ1v) is 7.34. The van der Waals surface area contributed by atoms with Crippen LogP contribution in [0, 0.1) is 5.92 Å². The van der Waals surface area contributed by atoms with E-state index in [4.69, 9.17) is 10.3 Å². The highest BCUT2D eigenvalue weighted by molar-refractivity contribution is 4.90. The van der Waals surface area contributed by atoms with Gasteiger partial charge in [-0.05, 0) is 25.4 Å². The molecule has 0 spiro atoms. The Balaban J connectivity index is 2.39. The molecule has 1 rings (SSSR count). The number of nitrogens with zero attached hydrogens (tertiary/aromatic N) is 3. The Bertz CT molecular complexity index is 347. The summed E-state index contributed by atoms with van der Waals surface area (Å²) < 4.78 is 5.26. The lowest BCUT2D eigenvalue weighted by molar-refractivity contribution is 0.302. The van der Waals surface area contributed by atoms with Gasteiger partial charge in [-0.15, -0.1) is 0 Å². The molecule has 0 amide bonds. The maximum absolute atomic E-state index is 6.05. The van der Waals surface area contributed by atoms with Crippen LogP contribution in [0.15, 0.2) is 4.52 Å². The molecule has 0 aliphatic heterocycles. The quantitative estimate of drug-likeness (QED) is 0.740. The largest absolute Gasteiger partial charge is 0.339 e. The summed E-state index contributed by atoms with van der Waals surface area (Å²) >= 11 is 0. The summed E-state index contributed by atoms with van der Waals surface area (Å²) in [4.78, 5) is 6.76. The minimum absolute atomic E-state index is 0.107. The highest BCUT2D eigenvalue weighted by atomic mass is 16.5. The Kier molecular flexibility index (Phi) is 7.02. The van der Waals surface area contributed by atoms with Gasteiger partial charge in [0.1, 0.15) is 0 Å². The average Bonchev–Trinajstić information content (AvgIpc) is 2.77. The minimum Gasteiger partial charge on any atom is -0.339 e.